The first-order chi connectivity index (χ1) is 7.79. The molecule has 1 heteroatoms. The lowest BCUT2D eigenvalue weighted by Gasteiger charge is -2.27. The molecule has 4 rings (SSSR count). The van der Waals surface area contributed by atoms with Crippen molar-refractivity contribution >= 4 is 0 Å². The summed E-state index contributed by atoms with van der Waals surface area (Å²) in [6, 6.07) is 11.0. The van der Waals surface area contributed by atoms with E-state index in [9.17, 15) is 0 Å². The Labute approximate surface area is 97.0 Å². The summed E-state index contributed by atoms with van der Waals surface area (Å²) < 4.78 is 0. The summed E-state index contributed by atoms with van der Waals surface area (Å²) in [5.74, 6) is 1.69. The molecule has 0 heterocycles. The zero-order chi connectivity index (χ0) is 10.8. The van der Waals surface area contributed by atoms with E-state index < -0.39 is 0 Å². The Morgan fingerprint density at radius 3 is 2.19 bits per heavy atom. The summed E-state index contributed by atoms with van der Waals surface area (Å²) in [5.41, 5.74) is 8.81. The second kappa shape index (κ2) is 2.70. The van der Waals surface area contributed by atoms with E-state index in [1.807, 2.05) is 0 Å². The van der Waals surface area contributed by atoms with Gasteiger partial charge < -0.3 is 5.73 Å². The molecule has 0 bridgehead atoms. The monoisotopic (exact) mass is 213 g/mol. The molecule has 3 saturated carbocycles. The van der Waals surface area contributed by atoms with Crippen LogP contribution in [0.2, 0.25) is 0 Å². The van der Waals surface area contributed by atoms with Crippen LogP contribution >= 0.6 is 0 Å². The normalized spacial score (nSPS) is 42.8. The standard InChI is InChI=1S/C15H19N/c16-15(12-7-4-8-13(12)15)14(9-10-14)11-5-2-1-3-6-11/h1-3,5-6,12-13H,4,7-10,16H2. The fraction of sp³-hybridized carbons (Fsp3) is 0.600. The van der Waals surface area contributed by atoms with Gasteiger partial charge in [-0.3, -0.25) is 0 Å². The molecule has 0 radical (unpaired) electrons. The molecule has 0 spiro atoms. The molecule has 0 amide bonds. The maximum atomic E-state index is 6.77. The van der Waals surface area contributed by atoms with E-state index >= 15 is 0 Å². The van der Waals surface area contributed by atoms with Crippen LogP contribution < -0.4 is 5.73 Å². The molecule has 0 saturated heterocycles. The molecule has 1 aromatic rings. The van der Waals surface area contributed by atoms with Gasteiger partial charge in [-0.05, 0) is 43.1 Å². The molecule has 3 fully saturated rings. The lowest BCUT2D eigenvalue weighted by Crippen LogP contribution is -2.42. The average molecular weight is 213 g/mol. The van der Waals surface area contributed by atoms with Crippen LogP contribution in [-0.4, -0.2) is 5.54 Å². The number of nitrogens with two attached hydrogens (primary N) is 1. The van der Waals surface area contributed by atoms with Crippen LogP contribution in [0.15, 0.2) is 30.3 Å². The summed E-state index contributed by atoms with van der Waals surface area (Å²) in [4.78, 5) is 0. The Balaban J connectivity index is 1.74. The van der Waals surface area contributed by atoms with Gasteiger partial charge in [0.05, 0.1) is 0 Å². The van der Waals surface area contributed by atoms with Crippen LogP contribution in [0, 0.1) is 11.8 Å². The molecular weight excluding hydrogens is 194 g/mol. The summed E-state index contributed by atoms with van der Waals surface area (Å²) in [6.07, 6.45) is 6.83. The molecule has 1 aromatic carbocycles. The molecule has 2 atom stereocenters. The Kier molecular flexibility index (Phi) is 1.56. The van der Waals surface area contributed by atoms with Crippen molar-refractivity contribution in [3.8, 4) is 0 Å². The van der Waals surface area contributed by atoms with E-state index in [0.717, 1.165) is 11.8 Å². The zero-order valence-corrected chi connectivity index (χ0v) is 9.65. The summed E-state index contributed by atoms with van der Waals surface area (Å²) in [6.45, 7) is 0. The Morgan fingerprint density at radius 1 is 1.00 bits per heavy atom. The third kappa shape index (κ3) is 0.878. The molecule has 3 aliphatic rings. The molecule has 84 valence electrons. The van der Waals surface area contributed by atoms with Crippen LogP contribution in [0.25, 0.3) is 0 Å². The first kappa shape index (κ1) is 9.23. The maximum absolute atomic E-state index is 6.77. The summed E-state index contributed by atoms with van der Waals surface area (Å²) in [7, 11) is 0. The molecule has 0 aliphatic heterocycles. The van der Waals surface area contributed by atoms with Crippen molar-refractivity contribution in [1.82, 2.24) is 0 Å². The molecule has 2 N–H and O–H groups in total. The predicted octanol–water partition coefficient (Wildman–Crippen LogP) is 2.85. The number of fused-ring (bicyclic) bond motifs is 1. The highest BCUT2D eigenvalue weighted by Crippen LogP contribution is 2.73. The first-order valence-electron chi connectivity index (χ1n) is 6.63. The van der Waals surface area contributed by atoms with Crippen molar-refractivity contribution in [2.75, 3.05) is 0 Å². The minimum atomic E-state index is 0.173. The lowest BCUT2D eigenvalue weighted by atomic mass is 9.81. The largest absolute Gasteiger partial charge is 0.324 e. The quantitative estimate of drug-likeness (QED) is 0.803. The van der Waals surface area contributed by atoms with Gasteiger partial charge in [0.1, 0.15) is 0 Å². The van der Waals surface area contributed by atoms with E-state index in [1.165, 1.54) is 37.7 Å². The van der Waals surface area contributed by atoms with Gasteiger partial charge in [-0.2, -0.15) is 0 Å². The molecule has 1 nitrogen and oxygen atoms in total. The van der Waals surface area contributed by atoms with Gasteiger partial charge in [0.25, 0.3) is 0 Å². The van der Waals surface area contributed by atoms with Crippen molar-refractivity contribution in [2.45, 2.75) is 43.1 Å². The fourth-order valence-corrected chi connectivity index (χ4v) is 4.56. The van der Waals surface area contributed by atoms with Gasteiger partial charge in [0, 0.05) is 11.0 Å². The minimum absolute atomic E-state index is 0.173. The second-order valence-electron chi connectivity index (χ2n) is 6.03. The highest BCUT2D eigenvalue weighted by atomic mass is 15.0. The van der Waals surface area contributed by atoms with Crippen LogP contribution in [0.5, 0.6) is 0 Å². The van der Waals surface area contributed by atoms with Crippen molar-refractivity contribution in [2.24, 2.45) is 17.6 Å². The highest BCUT2D eigenvalue weighted by molar-refractivity contribution is 5.44. The van der Waals surface area contributed by atoms with E-state index in [1.54, 1.807) is 0 Å². The van der Waals surface area contributed by atoms with E-state index in [0.29, 0.717) is 5.41 Å². The van der Waals surface area contributed by atoms with Crippen molar-refractivity contribution < 1.29 is 0 Å². The molecule has 3 aliphatic carbocycles. The molecule has 16 heavy (non-hydrogen) atoms. The third-order valence-electron chi connectivity index (χ3n) is 5.54. The van der Waals surface area contributed by atoms with Crippen LogP contribution in [0.1, 0.15) is 37.7 Å². The fourth-order valence-electron chi connectivity index (χ4n) is 4.56. The van der Waals surface area contributed by atoms with E-state index in [2.05, 4.69) is 30.3 Å². The SMILES string of the molecule is NC1(C2(c3ccccc3)CC2)C2CCCC21. The number of hydrogen-bond acceptors (Lipinski definition) is 1. The highest BCUT2D eigenvalue weighted by Gasteiger charge is 2.76. The van der Waals surface area contributed by atoms with Gasteiger partial charge in [0.2, 0.25) is 0 Å². The van der Waals surface area contributed by atoms with Gasteiger partial charge in [0.15, 0.2) is 0 Å². The maximum Gasteiger partial charge on any atom is 0.0316 e. The van der Waals surface area contributed by atoms with Crippen molar-refractivity contribution in [3.05, 3.63) is 35.9 Å². The summed E-state index contributed by atoms with van der Waals surface area (Å²) >= 11 is 0. The second-order valence-corrected chi connectivity index (χ2v) is 6.03. The average Bonchev–Trinajstić information content (AvgIpc) is 3.17. The molecule has 0 aromatic heterocycles. The van der Waals surface area contributed by atoms with Gasteiger partial charge in [-0.1, -0.05) is 36.8 Å². The van der Waals surface area contributed by atoms with Crippen LogP contribution in [-0.2, 0) is 5.41 Å². The topological polar surface area (TPSA) is 26.0 Å². The molecule has 2 unspecified atom stereocenters. The van der Waals surface area contributed by atoms with Crippen LogP contribution in [0.3, 0.4) is 0 Å². The first-order valence-corrected chi connectivity index (χ1v) is 6.63. The van der Waals surface area contributed by atoms with Gasteiger partial charge >= 0.3 is 0 Å². The van der Waals surface area contributed by atoms with Crippen molar-refractivity contribution in [1.29, 1.82) is 0 Å². The Morgan fingerprint density at radius 2 is 1.62 bits per heavy atom. The van der Waals surface area contributed by atoms with E-state index in [4.69, 9.17) is 5.73 Å². The van der Waals surface area contributed by atoms with Crippen LogP contribution in [0.4, 0.5) is 0 Å². The summed E-state index contributed by atoms with van der Waals surface area (Å²) in [5, 5.41) is 0. The smallest absolute Gasteiger partial charge is 0.0316 e. The predicted molar refractivity (Wildman–Crippen MR) is 65.1 cm³/mol. The van der Waals surface area contributed by atoms with Crippen molar-refractivity contribution in [3.63, 3.8) is 0 Å². The number of rotatable bonds is 2. The molecular formula is C15H19N. The zero-order valence-electron chi connectivity index (χ0n) is 9.65. The Bertz CT molecular complexity index is 408. The third-order valence-corrected chi connectivity index (χ3v) is 5.54. The van der Waals surface area contributed by atoms with E-state index in [-0.39, 0.29) is 5.54 Å². The van der Waals surface area contributed by atoms with Gasteiger partial charge in [-0.25, -0.2) is 0 Å². The number of hydrogen-bond donors (Lipinski definition) is 1. The lowest BCUT2D eigenvalue weighted by molar-refractivity contribution is 0.401. The number of benzene rings is 1. The van der Waals surface area contributed by atoms with Gasteiger partial charge in [-0.15, -0.1) is 0 Å². The minimum Gasteiger partial charge on any atom is -0.324 e. The Hall–Kier alpha value is -0.820.